The van der Waals surface area contributed by atoms with Crippen molar-refractivity contribution in [3.63, 3.8) is 0 Å². The Morgan fingerprint density at radius 2 is 1.80 bits per heavy atom. The van der Waals surface area contributed by atoms with Crippen molar-refractivity contribution < 1.29 is 4.79 Å². The standard InChI is InChI=1S/C17H36N2O/c1-6-7-8-9-14(2)19-16(20)11-10-15(12-13-18)17(3,4)5/h14-15H,6-13,18H2,1-5H3,(H,19,20). The predicted molar refractivity (Wildman–Crippen MR) is 87.6 cm³/mol. The largest absolute Gasteiger partial charge is 0.354 e. The van der Waals surface area contributed by atoms with E-state index in [2.05, 4.69) is 39.9 Å². The molecule has 0 aromatic rings. The Labute approximate surface area is 126 Å². The third-order valence-electron chi connectivity index (χ3n) is 4.11. The molecule has 0 saturated carbocycles. The molecule has 0 rings (SSSR count). The number of nitrogens with one attached hydrogen (secondary N) is 1. The summed E-state index contributed by atoms with van der Waals surface area (Å²) in [6, 6.07) is 0.302. The topological polar surface area (TPSA) is 55.1 Å². The molecule has 0 bridgehead atoms. The lowest BCUT2D eigenvalue weighted by molar-refractivity contribution is -0.122. The van der Waals surface area contributed by atoms with E-state index in [1.807, 2.05) is 0 Å². The van der Waals surface area contributed by atoms with E-state index in [9.17, 15) is 4.79 Å². The Bertz CT molecular complexity index is 258. The molecule has 1 amide bonds. The smallest absolute Gasteiger partial charge is 0.220 e. The Morgan fingerprint density at radius 3 is 2.30 bits per heavy atom. The van der Waals surface area contributed by atoms with Crippen LogP contribution in [0.3, 0.4) is 0 Å². The highest BCUT2D eigenvalue weighted by Crippen LogP contribution is 2.32. The number of carbonyl (C=O) groups is 1. The predicted octanol–water partition coefficient (Wildman–Crippen LogP) is 3.86. The summed E-state index contributed by atoms with van der Waals surface area (Å²) in [7, 11) is 0. The van der Waals surface area contributed by atoms with Gasteiger partial charge in [0.15, 0.2) is 0 Å². The lowest BCUT2D eigenvalue weighted by Gasteiger charge is -2.30. The van der Waals surface area contributed by atoms with E-state index in [-0.39, 0.29) is 11.3 Å². The van der Waals surface area contributed by atoms with Gasteiger partial charge in [-0.25, -0.2) is 0 Å². The number of carbonyl (C=O) groups excluding carboxylic acids is 1. The fourth-order valence-corrected chi connectivity index (χ4v) is 2.64. The monoisotopic (exact) mass is 284 g/mol. The number of rotatable bonds is 10. The molecule has 20 heavy (non-hydrogen) atoms. The summed E-state index contributed by atoms with van der Waals surface area (Å²) in [5, 5.41) is 3.12. The second-order valence-electron chi connectivity index (χ2n) is 7.14. The molecule has 120 valence electrons. The Hall–Kier alpha value is -0.570. The van der Waals surface area contributed by atoms with E-state index in [1.165, 1.54) is 19.3 Å². The molecule has 2 unspecified atom stereocenters. The minimum absolute atomic E-state index is 0.195. The first kappa shape index (κ1) is 19.4. The molecule has 0 aliphatic rings. The molecule has 0 fully saturated rings. The SMILES string of the molecule is CCCCCC(C)NC(=O)CCC(CCN)C(C)(C)C. The molecular formula is C17H36N2O. The first-order valence-electron chi connectivity index (χ1n) is 8.30. The second kappa shape index (κ2) is 10.2. The highest BCUT2D eigenvalue weighted by atomic mass is 16.1. The van der Waals surface area contributed by atoms with E-state index in [1.54, 1.807) is 0 Å². The third-order valence-corrected chi connectivity index (χ3v) is 4.11. The van der Waals surface area contributed by atoms with Crippen LogP contribution in [0.1, 0.15) is 79.6 Å². The first-order valence-corrected chi connectivity index (χ1v) is 8.30. The van der Waals surface area contributed by atoms with Gasteiger partial charge in [-0.3, -0.25) is 4.79 Å². The van der Waals surface area contributed by atoms with Gasteiger partial charge in [0.05, 0.1) is 0 Å². The highest BCUT2D eigenvalue weighted by Gasteiger charge is 2.24. The maximum atomic E-state index is 12.0. The molecule has 3 heteroatoms. The molecule has 3 N–H and O–H groups in total. The maximum absolute atomic E-state index is 12.0. The fraction of sp³-hybridized carbons (Fsp3) is 0.941. The fourth-order valence-electron chi connectivity index (χ4n) is 2.64. The van der Waals surface area contributed by atoms with Crippen LogP contribution in [0, 0.1) is 11.3 Å². The van der Waals surface area contributed by atoms with E-state index in [0.717, 1.165) is 19.3 Å². The number of hydrogen-bond acceptors (Lipinski definition) is 2. The van der Waals surface area contributed by atoms with E-state index in [0.29, 0.717) is 24.9 Å². The third kappa shape index (κ3) is 9.35. The molecule has 0 spiro atoms. The molecule has 0 aliphatic heterocycles. The van der Waals surface area contributed by atoms with Crippen LogP contribution >= 0.6 is 0 Å². The average molecular weight is 284 g/mol. The van der Waals surface area contributed by atoms with Gasteiger partial charge in [-0.05, 0) is 44.1 Å². The zero-order valence-electron chi connectivity index (χ0n) is 14.3. The van der Waals surface area contributed by atoms with Crippen molar-refractivity contribution in [2.24, 2.45) is 17.1 Å². The maximum Gasteiger partial charge on any atom is 0.220 e. The minimum atomic E-state index is 0.195. The van der Waals surface area contributed by atoms with Crippen LogP contribution in [-0.4, -0.2) is 18.5 Å². The average Bonchev–Trinajstić information content (AvgIpc) is 2.33. The van der Waals surface area contributed by atoms with Gasteiger partial charge < -0.3 is 11.1 Å². The quantitative estimate of drug-likeness (QED) is 0.598. The molecule has 0 radical (unpaired) electrons. The van der Waals surface area contributed by atoms with Gasteiger partial charge in [0.2, 0.25) is 5.91 Å². The first-order chi connectivity index (χ1) is 9.31. The Kier molecular flexibility index (Phi) is 9.91. The van der Waals surface area contributed by atoms with Crippen molar-refractivity contribution in [1.82, 2.24) is 5.32 Å². The van der Waals surface area contributed by atoms with Gasteiger partial charge in [0, 0.05) is 12.5 Å². The van der Waals surface area contributed by atoms with Crippen molar-refractivity contribution in [1.29, 1.82) is 0 Å². The normalized spacial score (nSPS) is 14.9. The van der Waals surface area contributed by atoms with Crippen molar-refractivity contribution in [3.05, 3.63) is 0 Å². The Balaban J connectivity index is 4.00. The van der Waals surface area contributed by atoms with E-state index in [4.69, 9.17) is 5.73 Å². The van der Waals surface area contributed by atoms with Gasteiger partial charge in [0.1, 0.15) is 0 Å². The van der Waals surface area contributed by atoms with Crippen molar-refractivity contribution >= 4 is 5.91 Å². The second-order valence-corrected chi connectivity index (χ2v) is 7.14. The van der Waals surface area contributed by atoms with Crippen molar-refractivity contribution in [3.8, 4) is 0 Å². The summed E-state index contributed by atoms with van der Waals surface area (Å²) in [6.45, 7) is 11.7. The van der Waals surface area contributed by atoms with Crippen LogP contribution in [0.4, 0.5) is 0 Å². The molecular weight excluding hydrogens is 248 g/mol. The summed E-state index contributed by atoms with van der Waals surface area (Å²) < 4.78 is 0. The molecule has 0 aliphatic carbocycles. The molecule has 3 nitrogen and oxygen atoms in total. The zero-order chi connectivity index (χ0) is 15.6. The zero-order valence-corrected chi connectivity index (χ0v) is 14.3. The highest BCUT2D eigenvalue weighted by molar-refractivity contribution is 5.76. The molecule has 0 aromatic heterocycles. The van der Waals surface area contributed by atoms with Crippen LogP contribution < -0.4 is 11.1 Å². The van der Waals surface area contributed by atoms with Gasteiger partial charge in [-0.2, -0.15) is 0 Å². The van der Waals surface area contributed by atoms with Crippen LogP contribution in [0.2, 0.25) is 0 Å². The number of amides is 1. The van der Waals surface area contributed by atoms with E-state index >= 15 is 0 Å². The van der Waals surface area contributed by atoms with Gasteiger partial charge in [0.25, 0.3) is 0 Å². The van der Waals surface area contributed by atoms with E-state index < -0.39 is 0 Å². The Morgan fingerprint density at radius 1 is 1.15 bits per heavy atom. The number of nitrogens with two attached hydrogens (primary N) is 1. The van der Waals surface area contributed by atoms with Crippen molar-refractivity contribution in [2.45, 2.75) is 85.6 Å². The van der Waals surface area contributed by atoms with Gasteiger partial charge >= 0.3 is 0 Å². The van der Waals surface area contributed by atoms with Crippen LogP contribution in [0.25, 0.3) is 0 Å². The number of unbranched alkanes of at least 4 members (excludes halogenated alkanes) is 2. The van der Waals surface area contributed by atoms with Crippen LogP contribution in [0.5, 0.6) is 0 Å². The summed E-state index contributed by atoms with van der Waals surface area (Å²) in [6.07, 6.45) is 7.34. The minimum Gasteiger partial charge on any atom is -0.354 e. The lowest BCUT2D eigenvalue weighted by Crippen LogP contribution is -2.33. The summed E-state index contributed by atoms with van der Waals surface area (Å²) >= 11 is 0. The summed E-state index contributed by atoms with van der Waals surface area (Å²) in [4.78, 5) is 12.0. The van der Waals surface area contributed by atoms with Crippen molar-refractivity contribution in [2.75, 3.05) is 6.54 Å². The molecule has 0 heterocycles. The van der Waals surface area contributed by atoms with Gasteiger partial charge in [-0.15, -0.1) is 0 Å². The summed E-state index contributed by atoms with van der Waals surface area (Å²) in [5.74, 6) is 0.717. The van der Waals surface area contributed by atoms with Crippen LogP contribution in [-0.2, 0) is 4.79 Å². The van der Waals surface area contributed by atoms with Crippen LogP contribution in [0.15, 0.2) is 0 Å². The summed E-state index contributed by atoms with van der Waals surface area (Å²) in [5.41, 5.74) is 5.91. The lowest BCUT2D eigenvalue weighted by atomic mass is 9.76. The molecule has 0 saturated heterocycles. The molecule has 2 atom stereocenters. The van der Waals surface area contributed by atoms with Gasteiger partial charge in [-0.1, -0.05) is 47.0 Å². The molecule has 0 aromatic carbocycles. The number of hydrogen-bond donors (Lipinski definition) is 2.